The lowest BCUT2D eigenvalue weighted by Gasteiger charge is -2.35. The zero-order valence-corrected chi connectivity index (χ0v) is 15.5. The molecule has 0 aliphatic carbocycles. The minimum Gasteiger partial charge on any atom is -0.376 e. The Kier molecular flexibility index (Phi) is 5.30. The van der Waals surface area contributed by atoms with Crippen LogP contribution in [0.15, 0.2) is 18.2 Å². The summed E-state index contributed by atoms with van der Waals surface area (Å²) in [5.41, 5.74) is 2.93. The maximum Gasteiger partial charge on any atom is 0.241 e. The molecule has 0 radical (unpaired) electrons. The van der Waals surface area contributed by atoms with E-state index in [2.05, 4.69) is 19.2 Å². The first-order chi connectivity index (χ1) is 12.0. The van der Waals surface area contributed by atoms with Gasteiger partial charge in [-0.3, -0.25) is 9.59 Å². The molecule has 25 heavy (non-hydrogen) atoms. The van der Waals surface area contributed by atoms with Crippen LogP contribution in [0.3, 0.4) is 0 Å². The fourth-order valence-corrected chi connectivity index (χ4v) is 4.16. The van der Waals surface area contributed by atoms with Crippen molar-refractivity contribution >= 4 is 23.2 Å². The second kappa shape index (κ2) is 7.46. The summed E-state index contributed by atoms with van der Waals surface area (Å²) in [7, 11) is 0. The summed E-state index contributed by atoms with van der Waals surface area (Å²) in [5.74, 6) is 1.48. The van der Waals surface area contributed by atoms with Gasteiger partial charge in [0.25, 0.3) is 0 Å². The highest BCUT2D eigenvalue weighted by Gasteiger charge is 2.26. The van der Waals surface area contributed by atoms with E-state index < -0.39 is 0 Å². The van der Waals surface area contributed by atoms with E-state index >= 15 is 0 Å². The van der Waals surface area contributed by atoms with Crippen molar-refractivity contribution in [2.75, 3.05) is 36.4 Å². The molecule has 1 aromatic carbocycles. The van der Waals surface area contributed by atoms with Crippen LogP contribution < -0.4 is 10.2 Å². The first-order valence-corrected chi connectivity index (χ1v) is 9.37. The number of hydrogen-bond acceptors (Lipinski definition) is 3. The summed E-state index contributed by atoms with van der Waals surface area (Å²) in [4.78, 5) is 28.4. The van der Waals surface area contributed by atoms with Gasteiger partial charge in [0.2, 0.25) is 11.8 Å². The number of carbonyl (C=O) groups is 2. The van der Waals surface area contributed by atoms with E-state index in [0.29, 0.717) is 24.8 Å². The number of nitrogens with zero attached hydrogens (tertiary/aromatic N) is 2. The monoisotopic (exact) mass is 343 g/mol. The van der Waals surface area contributed by atoms with E-state index in [1.165, 1.54) is 6.42 Å². The molecule has 0 aromatic heterocycles. The molecule has 5 nitrogen and oxygen atoms in total. The highest BCUT2D eigenvalue weighted by atomic mass is 16.2. The number of anilines is 2. The fourth-order valence-electron chi connectivity index (χ4n) is 4.16. The molecule has 0 saturated carbocycles. The van der Waals surface area contributed by atoms with Crippen LogP contribution in [0.2, 0.25) is 0 Å². The summed E-state index contributed by atoms with van der Waals surface area (Å²) >= 11 is 0. The quantitative estimate of drug-likeness (QED) is 0.914. The van der Waals surface area contributed by atoms with Crippen molar-refractivity contribution in [3.8, 4) is 0 Å². The average Bonchev–Trinajstić information content (AvgIpc) is 2.98. The third kappa shape index (κ3) is 3.97. The van der Waals surface area contributed by atoms with Crippen LogP contribution in [0.4, 0.5) is 11.4 Å². The van der Waals surface area contributed by atoms with E-state index in [-0.39, 0.29) is 11.8 Å². The Hall–Kier alpha value is -2.04. The SMILES string of the molecule is Cc1c(NCC(=O)N2C[C@H](C)C[C@H](C)C2)cccc1N1CCCC1=O. The topological polar surface area (TPSA) is 52.7 Å². The second-order valence-electron chi connectivity index (χ2n) is 7.70. The molecule has 2 aliphatic heterocycles. The zero-order valence-electron chi connectivity index (χ0n) is 15.5. The van der Waals surface area contributed by atoms with Gasteiger partial charge in [-0.1, -0.05) is 19.9 Å². The molecule has 2 atom stereocenters. The van der Waals surface area contributed by atoms with E-state index in [0.717, 1.165) is 43.0 Å². The lowest BCUT2D eigenvalue weighted by atomic mass is 9.92. The van der Waals surface area contributed by atoms with E-state index in [1.807, 2.05) is 34.9 Å². The minimum absolute atomic E-state index is 0.153. The molecule has 2 saturated heterocycles. The van der Waals surface area contributed by atoms with E-state index in [4.69, 9.17) is 0 Å². The number of hydrogen-bond donors (Lipinski definition) is 1. The Morgan fingerprint density at radius 1 is 1.24 bits per heavy atom. The molecule has 2 aliphatic rings. The van der Waals surface area contributed by atoms with Gasteiger partial charge in [-0.15, -0.1) is 0 Å². The van der Waals surface area contributed by atoms with Crippen molar-refractivity contribution < 1.29 is 9.59 Å². The fraction of sp³-hybridized carbons (Fsp3) is 0.600. The van der Waals surface area contributed by atoms with Gasteiger partial charge in [0.1, 0.15) is 0 Å². The van der Waals surface area contributed by atoms with Gasteiger partial charge in [-0.05, 0) is 49.3 Å². The summed E-state index contributed by atoms with van der Waals surface area (Å²) in [6.07, 6.45) is 2.74. The Morgan fingerprint density at radius 2 is 1.96 bits per heavy atom. The molecule has 136 valence electrons. The zero-order chi connectivity index (χ0) is 18.0. The van der Waals surface area contributed by atoms with Crippen molar-refractivity contribution in [1.29, 1.82) is 0 Å². The average molecular weight is 343 g/mol. The molecule has 2 fully saturated rings. The summed E-state index contributed by atoms with van der Waals surface area (Å²) in [5, 5.41) is 3.29. The molecule has 2 heterocycles. The number of likely N-dealkylation sites (tertiary alicyclic amines) is 1. The predicted molar refractivity (Wildman–Crippen MR) is 101 cm³/mol. The van der Waals surface area contributed by atoms with Gasteiger partial charge in [-0.25, -0.2) is 0 Å². The smallest absolute Gasteiger partial charge is 0.241 e. The number of piperidine rings is 1. The van der Waals surface area contributed by atoms with Gasteiger partial charge in [-0.2, -0.15) is 0 Å². The number of carbonyl (C=O) groups excluding carboxylic acids is 2. The first kappa shape index (κ1) is 17.8. The summed E-state index contributed by atoms with van der Waals surface area (Å²) < 4.78 is 0. The molecule has 0 unspecified atom stereocenters. The van der Waals surface area contributed by atoms with Crippen molar-refractivity contribution in [3.05, 3.63) is 23.8 Å². The van der Waals surface area contributed by atoms with E-state index in [1.54, 1.807) is 0 Å². The Labute approximate surface area is 150 Å². The van der Waals surface area contributed by atoms with Crippen molar-refractivity contribution in [3.63, 3.8) is 0 Å². The molecular formula is C20H29N3O2. The largest absolute Gasteiger partial charge is 0.376 e. The van der Waals surface area contributed by atoms with E-state index in [9.17, 15) is 9.59 Å². The predicted octanol–water partition coefficient (Wildman–Crippen LogP) is 3.04. The molecule has 5 heteroatoms. The second-order valence-corrected chi connectivity index (χ2v) is 7.70. The van der Waals surface area contributed by atoms with Crippen LogP contribution in [0.1, 0.15) is 38.7 Å². The van der Waals surface area contributed by atoms with Crippen LogP contribution >= 0.6 is 0 Å². The lowest BCUT2D eigenvalue weighted by Crippen LogP contribution is -2.44. The number of amides is 2. The third-order valence-corrected chi connectivity index (χ3v) is 5.32. The summed E-state index contributed by atoms with van der Waals surface area (Å²) in [6.45, 7) is 9.23. The maximum atomic E-state index is 12.6. The van der Waals surface area contributed by atoms with Gasteiger partial charge < -0.3 is 15.1 Å². The molecule has 2 amide bonds. The minimum atomic E-state index is 0.153. The lowest BCUT2D eigenvalue weighted by molar-refractivity contribution is -0.131. The highest BCUT2D eigenvalue weighted by molar-refractivity contribution is 5.97. The van der Waals surface area contributed by atoms with Gasteiger partial charge in [0.05, 0.1) is 6.54 Å². The number of nitrogens with one attached hydrogen (secondary N) is 1. The van der Waals surface area contributed by atoms with Crippen LogP contribution in [0.25, 0.3) is 0 Å². The number of rotatable bonds is 4. The van der Waals surface area contributed by atoms with Crippen LogP contribution in [-0.4, -0.2) is 42.9 Å². The first-order valence-electron chi connectivity index (χ1n) is 9.37. The summed E-state index contributed by atoms with van der Waals surface area (Å²) in [6, 6.07) is 5.92. The Balaban J connectivity index is 1.65. The normalized spacial score (nSPS) is 23.9. The highest BCUT2D eigenvalue weighted by Crippen LogP contribution is 2.30. The van der Waals surface area contributed by atoms with Crippen LogP contribution in [0.5, 0.6) is 0 Å². The molecular weight excluding hydrogens is 314 g/mol. The van der Waals surface area contributed by atoms with Gasteiger partial charge in [0.15, 0.2) is 0 Å². The van der Waals surface area contributed by atoms with Crippen molar-refractivity contribution in [2.45, 2.75) is 40.0 Å². The molecule has 0 bridgehead atoms. The maximum absolute atomic E-state index is 12.6. The molecule has 1 aromatic rings. The molecule has 1 N–H and O–H groups in total. The van der Waals surface area contributed by atoms with Crippen molar-refractivity contribution in [1.82, 2.24) is 4.90 Å². The van der Waals surface area contributed by atoms with Gasteiger partial charge >= 0.3 is 0 Å². The Bertz CT molecular complexity index is 648. The van der Waals surface area contributed by atoms with Crippen LogP contribution in [0, 0.1) is 18.8 Å². The third-order valence-electron chi connectivity index (χ3n) is 5.32. The molecule has 3 rings (SSSR count). The van der Waals surface area contributed by atoms with Gasteiger partial charge in [0, 0.05) is 37.4 Å². The standard InChI is InChI=1S/C20H29N3O2/c1-14-10-15(2)13-22(12-14)20(25)11-21-17-6-4-7-18(16(17)3)23-9-5-8-19(23)24/h4,6-7,14-15,21H,5,8-13H2,1-3H3/t14-,15+. The van der Waals surface area contributed by atoms with Crippen molar-refractivity contribution in [2.24, 2.45) is 11.8 Å². The van der Waals surface area contributed by atoms with Crippen LogP contribution in [-0.2, 0) is 9.59 Å². The Morgan fingerprint density at radius 3 is 2.60 bits per heavy atom. The number of benzene rings is 1. The molecule has 0 spiro atoms.